The van der Waals surface area contributed by atoms with Crippen LogP contribution < -0.4 is 5.73 Å². The zero-order valence-electron chi connectivity index (χ0n) is 11.6. The van der Waals surface area contributed by atoms with Crippen LogP contribution in [0, 0.1) is 5.92 Å². The van der Waals surface area contributed by atoms with Crippen LogP contribution in [0.15, 0.2) is 0 Å². The van der Waals surface area contributed by atoms with Crippen molar-refractivity contribution in [1.29, 1.82) is 0 Å². The molecule has 1 aliphatic carbocycles. The zero-order chi connectivity index (χ0) is 14.0. The molecule has 0 bridgehead atoms. The van der Waals surface area contributed by atoms with E-state index in [9.17, 15) is 9.90 Å². The van der Waals surface area contributed by atoms with E-state index in [4.69, 9.17) is 5.73 Å². The summed E-state index contributed by atoms with van der Waals surface area (Å²) in [6.07, 6.45) is 5.97. The summed E-state index contributed by atoms with van der Waals surface area (Å²) >= 11 is 1.28. The fourth-order valence-corrected chi connectivity index (χ4v) is 3.74. The molecule has 1 aromatic heterocycles. The minimum Gasteiger partial charge on any atom is -0.477 e. The van der Waals surface area contributed by atoms with Gasteiger partial charge in [0.1, 0.15) is 9.88 Å². The molecule has 19 heavy (non-hydrogen) atoms. The van der Waals surface area contributed by atoms with Gasteiger partial charge in [0.15, 0.2) is 0 Å². The molecule has 4 nitrogen and oxygen atoms in total. The Morgan fingerprint density at radius 3 is 2.58 bits per heavy atom. The van der Waals surface area contributed by atoms with Gasteiger partial charge in [-0.3, -0.25) is 0 Å². The highest BCUT2D eigenvalue weighted by molar-refractivity contribution is 7.13. The summed E-state index contributed by atoms with van der Waals surface area (Å²) in [5, 5.41) is 10.1. The molecule has 0 saturated heterocycles. The second kappa shape index (κ2) is 5.59. The van der Waals surface area contributed by atoms with Gasteiger partial charge >= 0.3 is 5.97 Å². The summed E-state index contributed by atoms with van der Waals surface area (Å²) in [6.45, 7) is 4.15. The minimum absolute atomic E-state index is 0.374. The summed E-state index contributed by atoms with van der Waals surface area (Å²) < 4.78 is 0. The molecule has 0 amide bonds. The quantitative estimate of drug-likeness (QED) is 0.889. The van der Waals surface area contributed by atoms with Gasteiger partial charge < -0.3 is 10.8 Å². The van der Waals surface area contributed by atoms with E-state index in [0.717, 1.165) is 30.7 Å². The minimum atomic E-state index is -0.876. The van der Waals surface area contributed by atoms with Crippen molar-refractivity contribution in [1.82, 2.24) is 4.98 Å². The largest absolute Gasteiger partial charge is 0.477 e. The highest BCUT2D eigenvalue weighted by atomic mass is 32.1. The van der Waals surface area contributed by atoms with Crippen LogP contribution in [0.5, 0.6) is 0 Å². The highest BCUT2D eigenvalue weighted by Crippen LogP contribution is 2.38. The molecule has 0 radical (unpaired) electrons. The summed E-state index contributed by atoms with van der Waals surface area (Å²) in [5.41, 5.74) is 6.75. The van der Waals surface area contributed by atoms with Gasteiger partial charge in [-0.15, -0.1) is 11.3 Å². The third-order valence-corrected chi connectivity index (χ3v) is 4.97. The predicted octanol–water partition coefficient (Wildman–Crippen LogP) is 3.16. The SMILES string of the molecule is CC(C)Cc1nc(C2(N)CCCCC2)sc1C(=O)O. The first kappa shape index (κ1) is 14.5. The number of carboxylic acid groups (broad SMARTS) is 1. The maximum absolute atomic E-state index is 11.3. The number of thiazole rings is 1. The lowest BCUT2D eigenvalue weighted by Gasteiger charge is -2.31. The van der Waals surface area contributed by atoms with Crippen LogP contribution in [-0.2, 0) is 12.0 Å². The average Bonchev–Trinajstić information content (AvgIpc) is 2.74. The number of nitrogens with zero attached hydrogens (tertiary/aromatic N) is 1. The lowest BCUT2D eigenvalue weighted by Crippen LogP contribution is -2.38. The Balaban J connectivity index is 2.33. The van der Waals surface area contributed by atoms with Crippen molar-refractivity contribution in [3.8, 4) is 0 Å². The fraction of sp³-hybridized carbons (Fsp3) is 0.714. The molecule has 2 rings (SSSR count). The smallest absolute Gasteiger partial charge is 0.347 e. The van der Waals surface area contributed by atoms with E-state index in [2.05, 4.69) is 18.8 Å². The van der Waals surface area contributed by atoms with Gasteiger partial charge in [0, 0.05) is 0 Å². The monoisotopic (exact) mass is 282 g/mol. The highest BCUT2D eigenvalue weighted by Gasteiger charge is 2.34. The molecule has 0 aromatic carbocycles. The first-order valence-corrected chi connectivity index (χ1v) is 7.76. The predicted molar refractivity (Wildman–Crippen MR) is 76.6 cm³/mol. The van der Waals surface area contributed by atoms with Crippen LogP contribution in [0.3, 0.4) is 0 Å². The molecular weight excluding hydrogens is 260 g/mol. The molecule has 5 heteroatoms. The van der Waals surface area contributed by atoms with Crippen LogP contribution in [0.1, 0.15) is 66.3 Å². The molecule has 0 atom stereocenters. The Morgan fingerprint density at radius 2 is 2.05 bits per heavy atom. The van der Waals surface area contributed by atoms with E-state index in [1.54, 1.807) is 0 Å². The second-order valence-corrected chi connectivity index (χ2v) is 6.91. The molecule has 1 aromatic rings. The molecule has 1 heterocycles. The third kappa shape index (κ3) is 3.15. The normalized spacial score (nSPS) is 18.7. The van der Waals surface area contributed by atoms with E-state index in [1.165, 1.54) is 17.8 Å². The zero-order valence-corrected chi connectivity index (χ0v) is 12.4. The van der Waals surface area contributed by atoms with Crippen molar-refractivity contribution >= 4 is 17.3 Å². The molecule has 1 saturated carbocycles. The summed E-state index contributed by atoms with van der Waals surface area (Å²) in [6, 6.07) is 0. The molecule has 1 aliphatic rings. The Kier molecular flexibility index (Phi) is 4.26. The van der Waals surface area contributed by atoms with Gasteiger partial charge in [-0.2, -0.15) is 0 Å². The maximum Gasteiger partial charge on any atom is 0.347 e. The number of aromatic nitrogens is 1. The Hall–Kier alpha value is -0.940. The average molecular weight is 282 g/mol. The number of hydrogen-bond acceptors (Lipinski definition) is 4. The Morgan fingerprint density at radius 1 is 1.42 bits per heavy atom. The van der Waals surface area contributed by atoms with Gasteiger partial charge in [-0.25, -0.2) is 9.78 Å². The van der Waals surface area contributed by atoms with Crippen LogP contribution in [0.25, 0.3) is 0 Å². The number of rotatable bonds is 4. The van der Waals surface area contributed by atoms with Crippen LogP contribution in [0.4, 0.5) is 0 Å². The molecule has 106 valence electrons. The summed E-state index contributed by atoms with van der Waals surface area (Å²) in [5.74, 6) is -0.480. The standard InChI is InChI=1S/C14H22N2O2S/c1-9(2)8-10-11(12(17)18)19-13(16-10)14(15)6-4-3-5-7-14/h9H,3-8,15H2,1-2H3,(H,17,18). The first-order valence-electron chi connectivity index (χ1n) is 6.95. The van der Waals surface area contributed by atoms with Gasteiger partial charge in [0.05, 0.1) is 11.2 Å². The van der Waals surface area contributed by atoms with Gasteiger partial charge in [-0.05, 0) is 25.2 Å². The Labute approximate surface area is 118 Å². The Bertz CT molecular complexity index is 462. The maximum atomic E-state index is 11.3. The summed E-state index contributed by atoms with van der Waals surface area (Å²) in [7, 11) is 0. The molecule has 1 fully saturated rings. The lowest BCUT2D eigenvalue weighted by molar-refractivity contribution is 0.0700. The van der Waals surface area contributed by atoms with E-state index in [1.807, 2.05) is 0 Å². The first-order chi connectivity index (χ1) is 8.92. The van der Waals surface area contributed by atoms with Crippen molar-refractivity contribution in [2.45, 2.75) is 57.9 Å². The van der Waals surface area contributed by atoms with Crippen LogP contribution in [-0.4, -0.2) is 16.1 Å². The van der Waals surface area contributed by atoms with Gasteiger partial charge in [-0.1, -0.05) is 33.1 Å². The van der Waals surface area contributed by atoms with E-state index < -0.39 is 11.5 Å². The van der Waals surface area contributed by atoms with Crippen molar-refractivity contribution in [2.75, 3.05) is 0 Å². The fourth-order valence-electron chi connectivity index (χ4n) is 2.65. The van der Waals surface area contributed by atoms with Gasteiger partial charge in [0.2, 0.25) is 0 Å². The molecule has 0 aliphatic heterocycles. The van der Waals surface area contributed by atoms with Crippen molar-refractivity contribution < 1.29 is 9.90 Å². The van der Waals surface area contributed by atoms with Crippen molar-refractivity contribution in [2.24, 2.45) is 11.7 Å². The molecule has 3 N–H and O–H groups in total. The molecular formula is C14H22N2O2S. The number of hydrogen-bond donors (Lipinski definition) is 2. The number of nitrogens with two attached hydrogens (primary N) is 1. The van der Waals surface area contributed by atoms with Crippen LogP contribution in [0.2, 0.25) is 0 Å². The molecule has 0 unspecified atom stereocenters. The number of carbonyl (C=O) groups is 1. The number of carboxylic acids is 1. The topological polar surface area (TPSA) is 76.2 Å². The molecule has 0 spiro atoms. The van der Waals surface area contributed by atoms with E-state index in [-0.39, 0.29) is 0 Å². The number of aromatic carboxylic acids is 1. The third-order valence-electron chi connectivity index (χ3n) is 3.66. The van der Waals surface area contributed by atoms with Crippen molar-refractivity contribution in [3.05, 3.63) is 15.6 Å². The van der Waals surface area contributed by atoms with E-state index in [0.29, 0.717) is 22.9 Å². The van der Waals surface area contributed by atoms with Crippen LogP contribution >= 0.6 is 11.3 Å². The van der Waals surface area contributed by atoms with Crippen molar-refractivity contribution in [3.63, 3.8) is 0 Å². The van der Waals surface area contributed by atoms with E-state index >= 15 is 0 Å². The second-order valence-electron chi connectivity index (χ2n) is 5.91. The lowest BCUT2D eigenvalue weighted by atomic mass is 9.83. The summed E-state index contributed by atoms with van der Waals surface area (Å²) in [4.78, 5) is 16.3. The van der Waals surface area contributed by atoms with Gasteiger partial charge in [0.25, 0.3) is 0 Å².